The maximum atomic E-state index is 5.76. The van der Waals surface area contributed by atoms with E-state index in [0.29, 0.717) is 6.04 Å². The number of ether oxygens (including phenoxy) is 1. The van der Waals surface area contributed by atoms with Crippen molar-refractivity contribution in [1.82, 2.24) is 5.32 Å². The molecular formula is C15H25NO. The fourth-order valence-electron chi connectivity index (χ4n) is 1.63. The van der Waals surface area contributed by atoms with Gasteiger partial charge in [0.15, 0.2) is 0 Å². The van der Waals surface area contributed by atoms with Crippen molar-refractivity contribution in [1.29, 1.82) is 0 Å². The fraction of sp³-hybridized carbons (Fsp3) is 0.600. The number of hydrogen-bond acceptors (Lipinski definition) is 2. The topological polar surface area (TPSA) is 21.3 Å². The number of benzene rings is 1. The third kappa shape index (κ3) is 4.78. The van der Waals surface area contributed by atoms with Crippen LogP contribution in [0.2, 0.25) is 0 Å². The molecule has 0 bridgehead atoms. The summed E-state index contributed by atoms with van der Waals surface area (Å²) in [6.07, 6.45) is 2.49. The molecule has 2 atom stereocenters. The lowest BCUT2D eigenvalue weighted by atomic mass is 10.1. The lowest BCUT2D eigenvalue weighted by Gasteiger charge is -2.16. The Kier molecular flexibility index (Phi) is 6.06. The SMILES string of the molecule is CCCN[C@H](C)c1ccc(O[C@@H](C)CC)cc1. The molecule has 0 spiro atoms. The summed E-state index contributed by atoms with van der Waals surface area (Å²) in [5.41, 5.74) is 1.31. The van der Waals surface area contributed by atoms with Crippen molar-refractivity contribution in [3.05, 3.63) is 29.8 Å². The second kappa shape index (κ2) is 7.33. The van der Waals surface area contributed by atoms with Crippen LogP contribution in [-0.4, -0.2) is 12.6 Å². The van der Waals surface area contributed by atoms with E-state index in [0.717, 1.165) is 18.7 Å². The van der Waals surface area contributed by atoms with Crippen LogP contribution in [0.3, 0.4) is 0 Å². The summed E-state index contributed by atoms with van der Waals surface area (Å²) in [4.78, 5) is 0. The molecular weight excluding hydrogens is 210 g/mol. The number of rotatable bonds is 7. The van der Waals surface area contributed by atoms with E-state index in [4.69, 9.17) is 4.74 Å². The Bertz CT molecular complexity index is 307. The van der Waals surface area contributed by atoms with Crippen LogP contribution in [0.4, 0.5) is 0 Å². The molecule has 0 heterocycles. The van der Waals surface area contributed by atoms with Crippen molar-refractivity contribution < 1.29 is 4.74 Å². The van der Waals surface area contributed by atoms with Gasteiger partial charge in [-0.3, -0.25) is 0 Å². The smallest absolute Gasteiger partial charge is 0.119 e. The minimum absolute atomic E-state index is 0.288. The predicted octanol–water partition coefficient (Wildman–Crippen LogP) is 3.92. The van der Waals surface area contributed by atoms with E-state index in [2.05, 4.69) is 57.3 Å². The van der Waals surface area contributed by atoms with Crippen molar-refractivity contribution in [3.8, 4) is 5.75 Å². The van der Waals surface area contributed by atoms with Gasteiger partial charge in [-0.2, -0.15) is 0 Å². The first-order valence-corrected chi connectivity index (χ1v) is 6.67. The molecule has 0 aromatic heterocycles. The lowest BCUT2D eigenvalue weighted by molar-refractivity contribution is 0.217. The average Bonchev–Trinajstić information content (AvgIpc) is 2.36. The van der Waals surface area contributed by atoms with Gasteiger partial charge >= 0.3 is 0 Å². The van der Waals surface area contributed by atoms with Crippen LogP contribution in [0.15, 0.2) is 24.3 Å². The summed E-state index contributed by atoms with van der Waals surface area (Å²) >= 11 is 0. The summed E-state index contributed by atoms with van der Waals surface area (Å²) in [5.74, 6) is 0.964. The van der Waals surface area contributed by atoms with Crippen LogP contribution in [0.1, 0.15) is 52.1 Å². The van der Waals surface area contributed by atoms with E-state index in [-0.39, 0.29) is 6.10 Å². The second-order valence-corrected chi connectivity index (χ2v) is 4.58. The van der Waals surface area contributed by atoms with E-state index >= 15 is 0 Å². The maximum absolute atomic E-state index is 5.76. The molecule has 1 aromatic rings. The van der Waals surface area contributed by atoms with Gasteiger partial charge in [-0.15, -0.1) is 0 Å². The zero-order valence-electron chi connectivity index (χ0n) is 11.5. The summed E-state index contributed by atoms with van der Waals surface area (Å²) in [7, 11) is 0. The van der Waals surface area contributed by atoms with Crippen molar-refractivity contribution in [3.63, 3.8) is 0 Å². The van der Waals surface area contributed by atoms with E-state index in [1.54, 1.807) is 0 Å². The van der Waals surface area contributed by atoms with Gasteiger partial charge in [-0.05, 0) is 50.9 Å². The highest BCUT2D eigenvalue weighted by atomic mass is 16.5. The van der Waals surface area contributed by atoms with Gasteiger partial charge < -0.3 is 10.1 Å². The van der Waals surface area contributed by atoms with Gasteiger partial charge in [0.25, 0.3) is 0 Å². The van der Waals surface area contributed by atoms with Crippen LogP contribution >= 0.6 is 0 Å². The Labute approximate surface area is 105 Å². The molecule has 96 valence electrons. The molecule has 0 aliphatic carbocycles. The minimum atomic E-state index is 0.288. The first-order chi connectivity index (χ1) is 8.17. The molecule has 0 unspecified atom stereocenters. The zero-order valence-corrected chi connectivity index (χ0v) is 11.5. The van der Waals surface area contributed by atoms with Crippen molar-refractivity contribution in [2.45, 2.75) is 52.7 Å². The molecule has 0 amide bonds. The molecule has 0 saturated carbocycles. The molecule has 1 aromatic carbocycles. The summed E-state index contributed by atoms with van der Waals surface area (Å²) in [6.45, 7) is 9.67. The fourth-order valence-corrected chi connectivity index (χ4v) is 1.63. The third-order valence-electron chi connectivity index (χ3n) is 2.99. The van der Waals surface area contributed by atoms with Crippen LogP contribution in [0, 0.1) is 0 Å². The standard InChI is InChI=1S/C15H25NO/c1-5-11-16-13(4)14-7-9-15(10-8-14)17-12(3)6-2/h7-10,12-13,16H,5-6,11H2,1-4H3/t12-,13+/m0/s1. The predicted molar refractivity (Wildman–Crippen MR) is 73.5 cm³/mol. The van der Waals surface area contributed by atoms with Gasteiger partial charge in [-0.25, -0.2) is 0 Å². The highest BCUT2D eigenvalue weighted by Crippen LogP contribution is 2.18. The molecule has 0 saturated heterocycles. The minimum Gasteiger partial charge on any atom is -0.491 e. The third-order valence-corrected chi connectivity index (χ3v) is 2.99. The van der Waals surface area contributed by atoms with Gasteiger partial charge in [0.2, 0.25) is 0 Å². The second-order valence-electron chi connectivity index (χ2n) is 4.58. The Hall–Kier alpha value is -1.02. The van der Waals surface area contributed by atoms with E-state index in [1.807, 2.05) is 0 Å². The molecule has 1 rings (SSSR count). The number of nitrogens with one attached hydrogen (secondary N) is 1. The summed E-state index contributed by atoms with van der Waals surface area (Å²) in [5, 5.41) is 3.48. The molecule has 17 heavy (non-hydrogen) atoms. The van der Waals surface area contributed by atoms with E-state index < -0.39 is 0 Å². The molecule has 0 aliphatic rings. The molecule has 0 aliphatic heterocycles. The van der Waals surface area contributed by atoms with Gasteiger partial charge in [-0.1, -0.05) is 26.0 Å². The molecule has 2 heteroatoms. The van der Waals surface area contributed by atoms with Crippen molar-refractivity contribution in [2.24, 2.45) is 0 Å². The summed E-state index contributed by atoms with van der Waals surface area (Å²) in [6, 6.07) is 8.82. The van der Waals surface area contributed by atoms with Gasteiger partial charge in [0.1, 0.15) is 5.75 Å². The van der Waals surface area contributed by atoms with Crippen molar-refractivity contribution >= 4 is 0 Å². The first kappa shape index (κ1) is 14.0. The lowest BCUT2D eigenvalue weighted by Crippen LogP contribution is -2.19. The highest BCUT2D eigenvalue weighted by Gasteiger charge is 2.05. The Morgan fingerprint density at radius 3 is 2.29 bits per heavy atom. The monoisotopic (exact) mass is 235 g/mol. The van der Waals surface area contributed by atoms with E-state index in [1.165, 1.54) is 12.0 Å². The van der Waals surface area contributed by atoms with Crippen LogP contribution in [0.5, 0.6) is 5.75 Å². The molecule has 2 nitrogen and oxygen atoms in total. The van der Waals surface area contributed by atoms with Gasteiger partial charge in [0.05, 0.1) is 6.10 Å². The van der Waals surface area contributed by atoms with Crippen LogP contribution in [-0.2, 0) is 0 Å². The van der Waals surface area contributed by atoms with Crippen molar-refractivity contribution in [2.75, 3.05) is 6.54 Å². The maximum Gasteiger partial charge on any atom is 0.119 e. The van der Waals surface area contributed by atoms with Gasteiger partial charge in [0, 0.05) is 6.04 Å². The zero-order chi connectivity index (χ0) is 12.7. The summed E-state index contributed by atoms with van der Waals surface area (Å²) < 4.78 is 5.76. The largest absolute Gasteiger partial charge is 0.491 e. The molecule has 0 radical (unpaired) electrons. The Morgan fingerprint density at radius 1 is 1.12 bits per heavy atom. The first-order valence-electron chi connectivity index (χ1n) is 6.67. The van der Waals surface area contributed by atoms with Crippen LogP contribution < -0.4 is 10.1 Å². The molecule has 1 N–H and O–H groups in total. The normalized spacial score (nSPS) is 14.4. The number of hydrogen-bond donors (Lipinski definition) is 1. The quantitative estimate of drug-likeness (QED) is 0.773. The molecule has 0 fully saturated rings. The average molecular weight is 235 g/mol. The Morgan fingerprint density at radius 2 is 1.76 bits per heavy atom. The van der Waals surface area contributed by atoms with Crippen LogP contribution in [0.25, 0.3) is 0 Å². The Balaban J connectivity index is 2.54. The van der Waals surface area contributed by atoms with E-state index in [9.17, 15) is 0 Å². The highest BCUT2D eigenvalue weighted by molar-refractivity contribution is 5.29.